The molecule has 1 heterocycles. The number of phenolic OH excluding ortho intramolecular Hbond substituents is 2. The second-order valence-electron chi connectivity index (χ2n) is 7.83. The Kier molecular flexibility index (Phi) is 6.22. The first-order valence-corrected chi connectivity index (χ1v) is 10.9. The fraction of sp³-hybridized carbons (Fsp3) is 0.154. The van der Waals surface area contributed by atoms with Gasteiger partial charge < -0.3 is 20.1 Å². The SMILES string of the molecule is CCOc1ccc(Cl)c(/C(O)=C2\C(=O)C(=O)N(c3cc(C)ccc3O)C2c2ccc(O)cc2)c1. The molecule has 3 N–H and O–H groups in total. The number of hydrogen-bond acceptors (Lipinski definition) is 6. The number of carbonyl (C=O) groups is 2. The number of nitrogens with zero attached hydrogens (tertiary/aromatic N) is 1. The molecule has 174 valence electrons. The van der Waals surface area contributed by atoms with Gasteiger partial charge in [-0.2, -0.15) is 0 Å². The molecular weight excluding hydrogens is 458 g/mol. The van der Waals surface area contributed by atoms with Crippen molar-refractivity contribution in [2.45, 2.75) is 19.9 Å². The Hall–Kier alpha value is -3.97. The standard InChI is InChI=1S/C26H22ClNO6/c1-3-34-17-9-10-19(27)18(13-17)24(31)22-23(15-5-7-16(29)8-6-15)28(26(33)25(22)32)20-12-14(2)4-11-21(20)30/h4-13,23,29-31H,3H2,1-2H3/b24-22+. The van der Waals surface area contributed by atoms with E-state index in [0.717, 1.165) is 10.5 Å². The van der Waals surface area contributed by atoms with Crippen molar-refractivity contribution in [3.05, 3.63) is 87.9 Å². The van der Waals surface area contributed by atoms with E-state index in [2.05, 4.69) is 0 Å². The summed E-state index contributed by atoms with van der Waals surface area (Å²) in [6, 6.07) is 14.1. The number of aromatic hydroxyl groups is 2. The van der Waals surface area contributed by atoms with Gasteiger partial charge in [0.15, 0.2) is 0 Å². The van der Waals surface area contributed by atoms with Gasteiger partial charge in [0.25, 0.3) is 11.7 Å². The Bertz CT molecular complexity index is 1320. The van der Waals surface area contributed by atoms with Crippen molar-refractivity contribution in [2.75, 3.05) is 11.5 Å². The summed E-state index contributed by atoms with van der Waals surface area (Å²) in [7, 11) is 0. The second-order valence-corrected chi connectivity index (χ2v) is 8.23. The van der Waals surface area contributed by atoms with Crippen LogP contribution in [0.5, 0.6) is 17.2 Å². The van der Waals surface area contributed by atoms with E-state index < -0.39 is 23.5 Å². The van der Waals surface area contributed by atoms with Crippen LogP contribution in [0, 0.1) is 6.92 Å². The molecule has 4 rings (SSSR count). The summed E-state index contributed by atoms with van der Waals surface area (Å²) < 4.78 is 5.49. The van der Waals surface area contributed by atoms with E-state index in [9.17, 15) is 24.9 Å². The van der Waals surface area contributed by atoms with Gasteiger partial charge in [-0.1, -0.05) is 29.8 Å². The Balaban J connectivity index is 1.98. The van der Waals surface area contributed by atoms with Crippen LogP contribution in [0.2, 0.25) is 5.02 Å². The number of amides is 1. The fourth-order valence-electron chi connectivity index (χ4n) is 3.97. The van der Waals surface area contributed by atoms with Crippen LogP contribution in [0.4, 0.5) is 5.69 Å². The number of aryl methyl sites for hydroxylation is 1. The van der Waals surface area contributed by atoms with Gasteiger partial charge in [-0.15, -0.1) is 0 Å². The normalized spacial score (nSPS) is 17.3. The van der Waals surface area contributed by atoms with Crippen molar-refractivity contribution >= 4 is 34.7 Å². The van der Waals surface area contributed by atoms with Gasteiger partial charge in [0.2, 0.25) is 0 Å². The van der Waals surface area contributed by atoms with E-state index in [-0.39, 0.29) is 33.3 Å². The van der Waals surface area contributed by atoms with Gasteiger partial charge in [-0.05, 0) is 67.4 Å². The predicted molar refractivity (Wildman–Crippen MR) is 128 cm³/mol. The summed E-state index contributed by atoms with van der Waals surface area (Å²) in [5.41, 5.74) is 1.24. The second kappa shape index (κ2) is 9.11. The lowest BCUT2D eigenvalue weighted by Gasteiger charge is -2.26. The molecule has 1 fully saturated rings. The summed E-state index contributed by atoms with van der Waals surface area (Å²) in [6.07, 6.45) is 0. The molecule has 8 heteroatoms. The first-order chi connectivity index (χ1) is 16.2. The molecule has 34 heavy (non-hydrogen) atoms. The number of Topliss-reactive ketones (excluding diaryl/α,β-unsaturated/α-hetero) is 1. The van der Waals surface area contributed by atoms with Gasteiger partial charge in [0, 0.05) is 5.56 Å². The van der Waals surface area contributed by atoms with Crippen LogP contribution in [0.1, 0.15) is 29.7 Å². The molecule has 1 unspecified atom stereocenters. The van der Waals surface area contributed by atoms with Gasteiger partial charge in [0.05, 0.1) is 28.9 Å². The number of benzene rings is 3. The molecule has 0 radical (unpaired) electrons. The lowest BCUT2D eigenvalue weighted by molar-refractivity contribution is -0.132. The highest BCUT2D eigenvalue weighted by Crippen LogP contribution is 2.46. The Morgan fingerprint density at radius 1 is 1.03 bits per heavy atom. The Labute approximate surface area is 201 Å². The lowest BCUT2D eigenvalue weighted by atomic mass is 9.95. The quantitative estimate of drug-likeness (QED) is 0.267. The maximum absolute atomic E-state index is 13.3. The van der Waals surface area contributed by atoms with Gasteiger partial charge in [-0.3, -0.25) is 14.5 Å². The number of aliphatic hydroxyl groups is 1. The third kappa shape index (κ3) is 4.06. The van der Waals surface area contributed by atoms with Crippen molar-refractivity contribution in [1.29, 1.82) is 0 Å². The fourth-order valence-corrected chi connectivity index (χ4v) is 4.17. The van der Waals surface area contributed by atoms with Crippen LogP contribution in [-0.2, 0) is 9.59 Å². The summed E-state index contributed by atoms with van der Waals surface area (Å²) in [5, 5.41) is 31.7. The van der Waals surface area contributed by atoms with Crippen molar-refractivity contribution in [2.24, 2.45) is 0 Å². The number of halogens is 1. The summed E-state index contributed by atoms with van der Waals surface area (Å²) in [6.45, 7) is 3.97. The minimum atomic E-state index is -1.08. The highest BCUT2D eigenvalue weighted by Gasteiger charge is 2.48. The Morgan fingerprint density at radius 3 is 2.41 bits per heavy atom. The van der Waals surface area contributed by atoms with Crippen molar-refractivity contribution in [3.63, 3.8) is 0 Å². The predicted octanol–water partition coefficient (Wildman–Crippen LogP) is 5.08. The zero-order valence-electron chi connectivity index (χ0n) is 18.4. The molecule has 1 amide bonds. The largest absolute Gasteiger partial charge is 0.508 e. The highest BCUT2D eigenvalue weighted by atomic mass is 35.5. The number of hydrogen-bond donors (Lipinski definition) is 3. The van der Waals surface area contributed by atoms with Crippen molar-refractivity contribution in [3.8, 4) is 17.2 Å². The smallest absolute Gasteiger partial charge is 0.300 e. The monoisotopic (exact) mass is 479 g/mol. The molecule has 3 aromatic rings. The number of anilines is 1. The number of phenols is 2. The molecular formula is C26H22ClNO6. The van der Waals surface area contributed by atoms with Gasteiger partial charge in [-0.25, -0.2) is 0 Å². The third-order valence-electron chi connectivity index (χ3n) is 5.55. The first kappa shape index (κ1) is 23.2. The van der Waals surface area contributed by atoms with E-state index in [4.69, 9.17) is 16.3 Å². The minimum Gasteiger partial charge on any atom is -0.508 e. The van der Waals surface area contributed by atoms with Crippen LogP contribution in [0.25, 0.3) is 5.76 Å². The van der Waals surface area contributed by atoms with Crippen LogP contribution in [0.3, 0.4) is 0 Å². The van der Waals surface area contributed by atoms with Crippen molar-refractivity contribution in [1.82, 2.24) is 0 Å². The average molecular weight is 480 g/mol. The summed E-state index contributed by atoms with van der Waals surface area (Å²) in [5.74, 6) is -2.11. The van der Waals surface area contributed by atoms with Gasteiger partial charge >= 0.3 is 0 Å². The maximum atomic E-state index is 13.3. The number of ether oxygens (including phenoxy) is 1. The van der Waals surface area contributed by atoms with Crippen molar-refractivity contribution < 1.29 is 29.6 Å². The number of rotatable bonds is 5. The molecule has 3 aromatic carbocycles. The molecule has 7 nitrogen and oxygen atoms in total. The molecule has 0 aromatic heterocycles. The summed E-state index contributed by atoms with van der Waals surface area (Å²) >= 11 is 6.34. The molecule has 0 aliphatic carbocycles. The van der Waals surface area contributed by atoms with Crippen LogP contribution >= 0.6 is 11.6 Å². The lowest BCUT2D eigenvalue weighted by Crippen LogP contribution is -2.29. The Morgan fingerprint density at radius 2 is 1.74 bits per heavy atom. The van der Waals surface area contributed by atoms with E-state index in [1.165, 1.54) is 42.5 Å². The van der Waals surface area contributed by atoms with Crippen LogP contribution < -0.4 is 9.64 Å². The number of ketones is 1. The van der Waals surface area contributed by atoms with E-state index in [1.54, 1.807) is 32.0 Å². The van der Waals surface area contributed by atoms with E-state index in [1.807, 2.05) is 0 Å². The van der Waals surface area contributed by atoms with E-state index in [0.29, 0.717) is 17.9 Å². The molecule has 1 atom stereocenters. The summed E-state index contributed by atoms with van der Waals surface area (Å²) in [4.78, 5) is 27.6. The molecule has 1 saturated heterocycles. The van der Waals surface area contributed by atoms with E-state index >= 15 is 0 Å². The van der Waals surface area contributed by atoms with Gasteiger partial charge in [0.1, 0.15) is 23.0 Å². The molecule has 0 saturated carbocycles. The molecule has 1 aliphatic rings. The average Bonchev–Trinajstić information content (AvgIpc) is 3.07. The van der Waals surface area contributed by atoms with Crippen LogP contribution in [-0.4, -0.2) is 33.6 Å². The first-order valence-electron chi connectivity index (χ1n) is 10.5. The molecule has 0 spiro atoms. The highest BCUT2D eigenvalue weighted by molar-refractivity contribution is 6.52. The third-order valence-corrected chi connectivity index (χ3v) is 5.88. The number of aliphatic hydroxyl groups excluding tert-OH is 1. The maximum Gasteiger partial charge on any atom is 0.300 e. The molecule has 1 aliphatic heterocycles. The zero-order valence-corrected chi connectivity index (χ0v) is 19.2. The van der Waals surface area contributed by atoms with Crippen LogP contribution in [0.15, 0.2) is 66.2 Å². The molecule has 0 bridgehead atoms. The topological polar surface area (TPSA) is 107 Å². The number of carbonyl (C=O) groups excluding carboxylic acids is 2. The minimum absolute atomic E-state index is 0.00781. The zero-order chi connectivity index (χ0) is 24.6.